The summed E-state index contributed by atoms with van der Waals surface area (Å²) in [6, 6.07) is 0. The summed E-state index contributed by atoms with van der Waals surface area (Å²) in [4.78, 5) is 0. The zero-order chi connectivity index (χ0) is 10.1. The van der Waals surface area contributed by atoms with E-state index in [0.717, 1.165) is 0 Å². The molecule has 0 rings (SSSR count). The molecule has 0 bridgehead atoms. The van der Waals surface area contributed by atoms with Gasteiger partial charge in [0.1, 0.15) is 0 Å². The highest BCUT2D eigenvalue weighted by atomic mass is 13.9. The first-order chi connectivity index (χ1) is 6.20. The van der Waals surface area contributed by atoms with Crippen LogP contribution in [-0.2, 0) is 0 Å². The van der Waals surface area contributed by atoms with Crippen LogP contribution in [-0.4, -0.2) is 0 Å². The van der Waals surface area contributed by atoms with Gasteiger partial charge in [-0.25, -0.2) is 0 Å². The number of hydrogen-bond acceptors (Lipinski definition) is 0. The van der Waals surface area contributed by atoms with Gasteiger partial charge in [-0.15, -0.1) is 5.73 Å². The number of unbranched alkanes of at least 4 members (excludes halogenated alkanes) is 1. The minimum atomic E-state index is 1.18. The van der Waals surface area contributed by atoms with E-state index in [1.54, 1.807) is 0 Å². The summed E-state index contributed by atoms with van der Waals surface area (Å²) in [5, 5.41) is 0. The summed E-state index contributed by atoms with van der Waals surface area (Å²) in [6.45, 7) is 8.60. The summed E-state index contributed by atoms with van der Waals surface area (Å²) >= 11 is 0. The second-order valence-corrected chi connectivity index (χ2v) is 3.61. The molecule has 0 aliphatic rings. The molecule has 0 heterocycles. The van der Waals surface area contributed by atoms with Crippen LogP contribution >= 0.6 is 0 Å². The topological polar surface area (TPSA) is 0 Å². The average Bonchev–Trinajstić information content (AvgIpc) is 2.09. The lowest BCUT2D eigenvalue weighted by molar-refractivity contribution is 0.894. The van der Waals surface area contributed by atoms with Gasteiger partial charge in [-0.3, -0.25) is 0 Å². The Morgan fingerprint density at radius 2 is 1.85 bits per heavy atom. The van der Waals surface area contributed by atoms with E-state index >= 15 is 0 Å². The second-order valence-electron chi connectivity index (χ2n) is 3.61. The molecule has 0 aliphatic heterocycles. The quantitative estimate of drug-likeness (QED) is 0.425. The molecule has 0 saturated carbocycles. The fraction of sp³-hybridized carbons (Fsp3) is 0.615. The third kappa shape index (κ3) is 7.62. The molecule has 0 nitrogen and oxygen atoms in total. The van der Waals surface area contributed by atoms with Gasteiger partial charge in [0.15, 0.2) is 0 Å². The maximum Gasteiger partial charge on any atom is -0.0172 e. The monoisotopic (exact) mass is 178 g/mol. The van der Waals surface area contributed by atoms with E-state index in [1.807, 2.05) is 0 Å². The first-order valence-electron chi connectivity index (χ1n) is 5.29. The van der Waals surface area contributed by atoms with E-state index in [9.17, 15) is 0 Å². The van der Waals surface area contributed by atoms with E-state index in [4.69, 9.17) is 0 Å². The molecule has 0 fully saturated rings. The van der Waals surface area contributed by atoms with Crippen molar-refractivity contribution in [1.29, 1.82) is 0 Å². The molecule has 13 heavy (non-hydrogen) atoms. The highest BCUT2D eigenvalue weighted by Crippen LogP contribution is 2.08. The predicted molar refractivity (Wildman–Crippen MR) is 60.8 cm³/mol. The van der Waals surface area contributed by atoms with Crippen molar-refractivity contribution in [2.24, 2.45) is 0 Å². The van der Waals surface area contributed by atoms with Crippen molar-refractivity contribution in [2.45, 2.75) is 53.4 Å². The molecule has 0 amide bonds. The molecular weight excluding hydrogens is 156 g/mol. The summed E-state index contributed by atoms with van der Waals surface area (Å²) in [7, 11) is 0. The van der Waals surface area contributed by atoms with Gasteiger partial charge in [-0.1, -0.05) is 32.8 Å². The van der Waals surface area contributed by atoms with Crippen molar-refractivity contribution in [2.75, 3.05) is 0 Å². The summed E-state index contributed by atoms with van der Waals surface area (Å²) < 4.78 is 0. The summed E-state index contributed by atoms with van der Waals surface area (Å²) in [5.74, 6) is 0. The average molecular weight is 178 g/mol. The van der Waals surface area contributed by atoms with E-state index in [-0.39, 0.29) is 0 Å². The molecule has 0 aromatic rings. The number of allylic oxidation sites excluding steroid dienone is 3. The molecule has 0 aromatic heterocycles. The SMILES string of the molecule is CCC/C=C(/C=C=C(C)C)CCC. The van der Waals surface area contributed by atoms with Crippen LogP contribution in [0.5, 0.6) is 0 Å². The predicted octanol–water partition coefficient (Wildman–Crippen LogP) is 4.63. The smallest absolute Gasteiger partial charge is 0.0172 e. The van der Waals surface area contributed by atoms with Crippen LogP contribution in [0.2, 0.25) is 0 Å². The van der Waals surface area contributed by atoms with Gasteiger partial charge in [0, 0.05) is 0 Å². The molecule has 0 aliphatic carbocycles. The second kappa shape index (κ2) is 7.89. The Hall–Kier alpha value is -0.740. The van der Waals surface area contributed by atoms with Gasteiger partial charge >= 0.3 is 0 Å². The van der Waals surface area contributed by atoms with Crippen molar-refractivity contribution < 1.29 is 0 Å². The lowest BCUT2D eigenvalue weighted by Gasteiger charge is -1.97. The van der Waals surface area contributed by atoms with Crippen molar-refractivity contribution in [3.8, 4) is 0 Å². The fourth-order valence-corrected chi connectivity index (χ4v) is 1.09. The minimum absolute atomic E-state index is 1.18. The van der Waals surface area contributed by atoms with Crippen molar-refractivity contribution in [3.63, 3.8) is 0 Å². The Labute approximate surface area is 83.0 Å². The van der Waals surface area contributed by atoms with Crippen molar-refractivity contribution in [1.82, 2.24) is 0 Å². The first-order valence-corrected chi connectivity index (χ1v) is 5.29. The van der Waals surface area contributed by atoms with E-state index < -0.39 is 0 Å². The summed E-state index contributed by atoms with van der Waals surface area (Å²) in [6.07, 6.45) is 9.29. The molecule has 0 radical (unpaired) electrons. The lowest BCUT2D eigenvalue weighted by atomic mass is 10.1. The molecule has 0 atom stereocenters. The van der Waals surface area contributed by atoms with Crippen LogP contribution in [0.15, 0.2) is 29.0 Å². The molecule has 0 heteroatoms. The van der Waals surface area contributed by atoms with Crippen LogP contribution in [0.1, 0.15) is 53.4 Å². The van der Waals surface area contributed by atoms with Crippen molar-refractivity contribution >= 4 is 0 Å². The highest BCUT2D eigenvalue weighted by Gasteiger charge is 1.89. The Kier molecular flexibility index (Phi) is 7.44. The van der Waals surface area contributed by atoms with Crippen LogP contribution in [0.4, 0.5) is 0 Å². The lowest BCUT2D eigenvalue weighted by Crippen LogP contribution is -1.77. The zero-order valence-electron chi connectivity index (χ0n) is 9.48. The van der Waals surface area contributed by atoms with Gasteiger partial charge in [-0.05, 0) is 43.9 Å². The Morgan fingerprint density at radius 1 is 1.15 bits per heavy atom. The Morgan fingerprint density at radius 3 is 2.31 bits per heavy atom. The van der Waals surface area contributed by atoms with Crippen LogP contribution < -0.4 is 0 Å². The molecule has 74 valence electrons. The number of hydrogen-bond donors (Lipinski definition) is 0. The largest absolute Gasteiger partial charge is 0.122 e. The zero-order valence-corrected chi connectivity index (χ0v) is 9.48. The van der Waals surface area contributed by atoms with Gasteiger partial charge < -0.3 is 0 Å². The van der Waals surface area contributed by atoms with Crippen LogP contribution in [0.25, 0.3) is 0 Å². The molecule has 0 spiro atoms. The molecule has 0 N–H and O–H groups in total. The molecule has 0 saturated heterocycles. The standard InChI is InChI=1S/C13H22/c1-5-7-9-13(8-6-2)11-10-12(3)4/h9,11H,5-8H2,1-4H3/b13-9+. The van der Waals surface area contributed by atoms with Crippen LogP contribution in [0, 0.1) is 0 Å². The highest BCUT2D eigenvalue weighted by molar-refractivity contribution is 5.19. The maximum atomic E-state index is 3.26. The Bertz CT molecular complexity index is 208. The summed E-state index contributed by atoms with van der Waals surface area (Å²) in [5.41, 5.74) is 5.95. The van der Waals surface area contributed by atoms with Gasteiger partial charge in [-0.2, -0.15) is 0 Å². The van der Waals surface area contributed by atoms with Gasteiger partial charge in [0.25, 0.3) is 0 Å². The van der Waals surface area contributed by atoms with Gasteiger partial charge in [0.05, 0.1) is 0 Å². The van der Waals surface area contributed by atoms with E-state index in [2.05, 4.69) is 45.6 Å². The van der Waals surface area contributed by atoms with Gasteiger partial charge in [0.2, 0.25) is 0 Å². The fourth-order valence-electron chi connectivity index (χ4n) is 1.09. The molecule has 0 aromatic carbocycles. The normalized spacial score (nSPS) is 10.9. The minimum Gasteiger partial charge on any atom is -0.122 e. The first kappa shape index (κ1) is 12.3. The maximum absolute atomic E-state index is 3.26. The third-order valence-corrected chi connectivity index (χ3v) is 1.78. The van der Waals surface area contributed by atoms with E-state index in [0.29, 0.717) is 0 Å². The Balaban J connectivity index is 4.34. The number of rotatable bonds is 5. The third-order valence-electron chi connectivity index (χ3n) is 1.78. The van der Waals surface area contributed by atoms with E-state index in [1.165, 1.54) is 36.8 Å². The van der Waals surface area contributed by atoms with Crippen molar-refractivity contribution in [3.05, 3.63) is 29.0 Å². The van der Waals surface area contributed by atoms with Crippen LogP contribution in [0.3, 0.4) is 0 Å². The molecule has 0 unspecified atom stereocenters. The molecular formula is C13H22.